The number of pyridine rings is 1. The number of carbonyl (C=O) groups excluding carboxylic acids is 2. The molecule has 1 fully saturated rings. The van der Waals surface area contributed by atoms with Gasteiger partial charge in [0.2, 0.25) is 6.41 Å². The topological polar surface area (TPSA) is 65.5 Å². The van der Waals surface area contributed by atoms with E-state index in [0.29, 0.717) is 18.7 Å². The van der Waals surface area contributed by atoms with E-state index in [1.54, 1.807) is 17.3 Å². The van der Waals surface area contributed by atoms with Crippen LogP contribution in [-0.4, -0.2) is 48.4 Å². The highest BCUT2D eigenvalue weighted by Crippen LogP contribution is 2.24. The Balaban J connectivity index is 1.68. The van der Waals surface area contributed by atoms with Crippen molar-refractivity contribution < 1.29 is 9.59 Å². The monoisotopic (exact) mass is 366 g/mol. The van der Waals surface area contributed by atoms with Gasteiger partial charge in [0.1, 0.15) is 0 Å². The van der Waals surface area contributed by atoms with Crippen molar-refractivity contribution in [3.63, 3.8) is 0 Å². The maximum Gasteiger partial charge on any atom is 0.257 e. The number of benzene rings is 1. The zero-order valence-corrected chi connectivity index (χ0v) is 16.1. The summed E-state index contributed by atoms with van der Waals surface area (Å²) in [7, 11) is 0. The predicted molar refractivity (Wildman–Crippen MR) is 107 cm³/mol. The van der Waals surface area contributed by atoms with Crippen LogP contribution < -0.4 is 10.2 Å². The number of nitrogens with one attached hydrogen (secondary N) is 1. The number of piperazine rings is 1. The van der Waals surface area contributed by atoms with Crippen LogP contribution >= 0.6 is 0 Å². The van der Waals surface area contributed by atoms with Crippen molar-refractivity contribution in [1.29, 1.82) is 0 Å². The van der Waals surface area contributed by atoms with Crippen LogP contribution in [0.5, 0.6) is 0 Å². The fraction of sp³-hybridized carbons (Fsp3) is 0.381. The zero-order chi connectivity index (χ0) is 19.4. The lowest BCUT2D eigenvalue weighted by molar-refractivity contribution is -0.118. The first-order valence-corrected chi connectivity index (χ1v) is 9.18. The van der Waals surface area contributed by atoms with Crippen LogP contribution in [0.3, 0.4) is 0 Å². The summed E-state index contributed by atoms with van der Waals surface area (Å²) in [5.41, 5.74) is 3.48. The average Bonchev–Trinajstić information content (AvgIpc) is 2.68. The van der Waals surface area contributed by atoms with Crippen LogP contribution in [0, 0.1) is 0 Å². The molecule has 3 rings (SSSR count). The molecule has 2 aromatic rings. The number of carbonyl (C=O) groups is 2. The first-order valence-electron chi connectivity index (χ1n) is 9.18. The van der Waals surface area contributed by atoms with Crippen LogP contribution in [0.25, 0.3) is 0 Å². The predicted octanol–water partition coefficient (Wildman–Crippen LogP) is 2.91. The SMILES string of the molecule is CC(C)(C)c1ccc(NC(=O)c2cncc(N3CCN(C=O)CC3)c2)cc1. The van der Waals surface area contributed by atoms with Gasteiger partial charge in [-0.05, 0) is 29.2 Å². The Bertz CT molecular complexity index is 804. The van der Waals surface area contributed by atoms with E-state index >= 15 is 0 Å². The lowest BCUT2D eigenvalue weighted by Gasteiger charge is -2.34. The summed E-state index contributed by atoms with van der Waals surface area (Å²) in [5.74, 6) is -0.181. The van der Waals surface area contributed by atoms with Gasteiger partial charge in [0.25, 0.3) is 5.91 Å². The number of rotatable bonds is 4. The lowest BCUT2D eigenvalue weighted by atomic mass is 9.87. The van der Waals surface area contributed by atoms with Gasteiger partial charge in [-0.15, -0.1) is 0 Å². The zero-order valence-electron chi connectivity index (χ0n) is 16.1. The third-order valence-electron chi connectivity index (χ3n) is 4.82. The van der Waals surface area contributed by atoms with Gasteiger partial charge in [0, 0.05) is 38.1 Å². The Morgan fingerprint density at radius 3 is 2.33 bits per heavy atom. The molecule has 1 aromatic carbocycles. The van der Waals surface area contributed by atoms with Gasteiger partial charge in [0.15, 0.2) is 0 Å². The highest BCUT2D eigenvalue weighted by atomic mass is 16.1. The Kier molecular flexibility index (Phi) is 5.44. The minimum Gasteiger partial charge on any atom is -0.367 e. The van der Waals surface area contributed by atoms with Crippen molar-refractivity contribution in [2.75, 3.05) is 36.4 Å². The summed E-state index contributed by atoms with van der Waals surface area (Å²) in [5, 5.41) is 2.93. The normalized spacial score (nSPS) is 14.8. The third kappa shape index (κ3) is 4.64. The van der Waals surface area contributed by atoms with Crippen molar-refractivity contribution >= 4 is 23.7 Å². The van der Waals surface area contributed by atoms with Crippen molar-refractivity contribution in [3.8, 4) is 0 Å². The van der Waals surface area contributed by atoms with E-state index in [1.165, 1.54) is 5.56 Å². The number of anilines is 2. The molecule has 0 aliphatic carbocycles. The van der Waals surface area contributed by atoms with Crippen molar-refractivity contribution in [3.05, 3.63) is 53.9 Å². The number of aromatic nitrogens is 1. The van der Waals surface area contributed by atoms with E-state index in [9.17, 15) is 9.59 Å². The second-order valence-electron chi connectivity index (χ2n) is 7.84. The molecule has 2 amide bonds. The van der Waals surface area contributed by atoms with E-state index in [0.717, 1.165) is 30.9 Å². The summed E-state index contributed by atoms with van der Waals surface area (Å²) in [4.78, 5) is 31.6. The molecule has 0 bridgehead atoms. The molecule has 6 heteroatoms. The van der Waals surface area contributed by atoms with Crippen molar-refractivity contribution in [1.82, 2.24) is 9.88 Å². The maximum absolute atomic E-state index is 12.6. The summed E-state index contributed by atoms with van der Waals surface area (Å²) in [6.07, 6.45) is 4.21. The Labute approximate surface area is 160 Å². The highest BCUT2D eigenvalue weighted by molar-refractivity contribution is 6.04. The van der Waals surface area contributed by atoms with E-state index < -0.39 is 0 Å². The molecule has 1 aliphatic heterocycles. The van der Waals surface area contributed by atoms with Crippen LogP contribution in [0.1, 0.15) is 36.7 Å². The van der Waals surface area contributed by atoms with Crippen LogP contribution in [-0.2, 0) is 10.2 Å². The molecule has 1 aromatic heterocycles. The summed E-state index contributed by atoms with van der Waals surface area (Å²) in [6.45, 7) is 9.31. The molecular formula is C21H26N4O2. The third-order valence-corrected chi connectivity index (χ3v) is 4.82. The Morgan fingerprint density at radius 2 is 1.74 bits per heavy atom. The van der Waals surface area contributed by atoms with E-state index in [1.807, 2.05) is 30.3 Å². The van der Waals surface area contributed by atoms with Gasteiger partial charge in [0.05, 0.1) is 17.4 Å². The highest BCUT2D eigenvalue weighted by Gasteiger charge is 2.18. The molecule has 1 N–H and O–H groups in total. The van der Waals surface area contributed by atoms with Crippen LogP contribution in [0.15, 0.2) is 42.7 Å². The molecule has 27 heavy (non-hydrogen) atoms. The Morgan fingerprint density at radius 1 is 1.07 bits per heavy atom. The number of amides is 2. The summed E-state index contributed by atoms with van der Waals surface area (Å²) in [6, 6.07) is 9.78. The van der Waals surface area contributed by atoms with Gasteiger partial charge in [-0.2, -0.15) is 0 Å². The molecule has 0 radical (unpaired) electrons. The molecule has 1 saturated heterocycles. The van der Waals surface area contributed by atoms with Gasteiger partial charge < -0.3 is 15.1 Å². The smallest absolute Gasteiger partial charge is 0.257 e. The fourth-order valence-corrected chi connectivity index (χ4v) is 3.07. The second kappa shape index (κ2) is 7.78. The quantitative estimate of drug-likeness (QED) is 0.845. The molecular weight excluding hydrogens is 340 g/mol. The van der Waals surface area contributed by atoms with E-state index in [2.05, 4.69) is 36.0 Å². The average molecular weight is 366 g/mol. The molecule has 0 unspecified atom stereocenters. The maximum atomic E-state index is 12.6. The van der Waals surface area contributed by atoms with Gasteiger partial charge in [-0.1, -0.05) is 32.9 Å². The van der Waals surface area contributed by atoms with Crippen LogP contribution in [0.2, 0.25) is 0 Å². The lowest BCUT2D eigenvalue weighted by Crippen LogP contribution is -2.45. The van der Waals surface area contributed by atoms with E-state index in [-0.39, 0.29) is 11.3 Å². The molecule has 142 valence electrons. The number of hydrogen-bond donors (Lipinski definition) is 1. The molecule has 6 nitrogen and oxygen atoms in total. The van der Waals surface area contributed by atoms with Gasteiger partial charge in [-0.3, -0.25) is 14.6 Å². The molecule has 2 heterocycles. The van der Waals surface area contributed by atoms with Crippen molar-refractivity contribution in [2.24, 2.45) is 0 Å². The standard InChI is InChI=1S/C21H26N4O2/c1-21(2,3)17-4-6-18(7-5-17)23-20(27)16-12-19(14-22-13-16)25-10-8-24(15-26)9-11-25/h4-7,12-15H,8-11H2,1-3H3,(H,23,27). The fourth-order valence-electron chi connectivity index (χ4n) is 3.07. The number of hydrogen-bond acceptors (Lipinski definition) is 4. The first-order chi connectivity index (χ1) is 12.9. The van der Waals surface area contributed by atoms with Crippen LogP contribution in [0.4, 0.5) is 11.4 Å². The largest absolute Gasteiger partial charge is 0.367 e. The second-order valence-corrected chi connectivity index (χ2v) is 7.84. The summed E-state index contributed by atoms with van der Waals surface area (Å²) >= 11 is 0. The van der Waals surface area contributed by atoms with Gasteiger partial charge in [-0.25, -0.2) is 0 Å². The minimum atomic E-state index is -0.181. The Hall–Kier alpha value is -2.89. The van der Waals surface area contributed by atoms with E-state index in [4.69, 9.17) is 0 Å². The molecule has 1 aliphatic rings. The van der Waals surface area contributed by atoms with Crippen molar-refractivity contribution in [2.45, 2.75) is 26.2 Å². The number of nitrogens with zero attached hydrogens (tertiary/aromatic N) is 3. The van der Waals surface area contributed by atoms with Gasteiger partial charge >= 0.3 is 0 Å². The molecule has 0 atom stereocenters. The molecule has 0 spiro atoms. The first kappa shape index (κ1) is 18.9. The molecule has 0 saturated carbocycles. The minimum absolute atomic E-state index is 0.0780. The summed E-state index contributed by atoms with van der Waals surface area (Å²) < 4.78 is 0.